The molecule has 0 radical (unpaired) electrons. The molecule has 2 aliphatic rings. The van der Waals surface area contributed by atoms with Gasteiger partial charge in [-0.1, -0.05) is 24.1 Å². The van der Waals surface area contributed by atoms with Gasteiger partial charge in [-0.25, -0.2) is 4.99 Å². The van der Waals surface area contributed by atoms with Crippen molar-refractivity contribution in [2.45, 2.75) is 44.7 Å². The molecule has 6 heteroatoms. The van der Waals surface area contributed by atoms with Crippen molar-refractivity contribution in [3.8, 4) is 0 Å². The van der Waals surface area contributed by atoms with Crippen LogP contribution >= 0.6 is 11.6 Å². The molecular weight excluding hydrogens is 286 g/mol. The number of aryl methyl sites for hydroxylation is 1. The van der Waals surface area contributed by atoms with Crippen molar-refractivity contribution in [3.63, 3.8) is 0 Å². The topological polar surface area (TPSA) is 80.0 Å². The van der Waals surface area contributed by atoms with Crippen LogP contribution in [0.2, 0.25) is 5.02 Å². The zero-order valence-electron chi connectivity index (χ0n) is 12.1. The first-order valence-electron chi connectivity index (χ1n) is 7.28. The van der Waals surface area contributed by atoms with Gasteiger partial charge in [-0.05, 0) is 50.3 Å². The second-order valence-corrected chi connectivity index (χ2v) is 6.18. The highest BCUT2D eigenvalue weighted by Crippen LogP contribution is 2.41. The predicted octanol–water partition coefficient (Wildman–Crippen LogP) is 2.76. The van der Waals surface area contributed by atoms with Crippen LogP contribution < -0.4 is 16.4 Å². The fourth-order valence-corrected chi connectivity index (χ4v) is 3.58. The van der Waals surface area contributed by atoms with Gasteiger partial charge in [-0.15, -0.1) is 0 Å². The average molecular weight is 306 g/mol. The summed E-state index contributed by atoms with van der Waals surface area (Å²) in [5.41, 5.74) is 13.5. The molecule has 1 saturated carbocycles. The van der Waals surface area contributed by atoms with E-state index in [0.29, 0.717) is 11.0 Å². The third-order valence-corrected chi connectivity index (χ3v) is 4.50. The minimum atomic E-state index is -0.437. The Balaban J connectivity index is 2.10. The maximum Gasteiger partial charge on any atom is 0.220 e. The summed E-state index contributed by atoms with van der Waals surface area (Å²) in [6, 6.07) is 5.93. The summed E-state index contributed by atoms with van der Waals surface area (Å²) in [6.07, 6.45) is 5.24. The maximum atomic E-state index is 6.44. The lowest BCUT2D eigenvalue weighted by Crippen LogP contribution is -2.58. The van der Waals surface area contributed by atoms with Gasteiger partial charge >= 0.3 is 0 Å². The van der Waals surface area contributed by atoms with Crippen molar-refractivity contribution < 1.29 is 0 Å². The Morgan fingerprint density at radius 3 is 2.57 bits per heavy atom. The molecule has 0 atom stereocenters. The van der Waals surface area contributed by atoms with Gasteiger partial charge in [0, 0.05) is 0 Å². The molecule has 1 heterocycles. The third kappa shape index (κ3) is 2.46. The van der Waals surface area contributed by atoms with E-state index in [0.717, 1.165) is 36.9 Å². The molecule has 0 aromatic heterocycles. The summed E-state index contributed by atoms with van der Waals surface area (Å²) < 4.78 is 0. The number of aliphatic imine (C=N–C) groups is 2. The highest BCUT2D eigenvalue weighted by Gasteiger charge is 2.43. The molecule has 3 rings (SSSR count). The highest BCUT2D eigenvalue weighted by molar-refractivity contribution is 6.34. The van der Waals surface area contributed by atoms with Crippen molar-refractivity contribution in [2.24, 2.45) is 21.5 Å². The summed E-state index contributed by atoms with van der Waals surface area (Å²) in [6.45, 7) is 2.01. The molecule has 0 bridgehead atoms. The van der Waals surface area contributed by atoms with Crippen LogP contribution in [0.5, 0.6) is 0 Å². The largest absolute Gasteiger partial charge is 0.369 e. The minimum Gasteiger partial charge on any atom is -0.369 e. The molecule has 5 nitrogen and oxygen atoms in total. The fraction of sp³-hybridized carbons (Fsp3) is 0.467. The molecule has 21 heavy (non-hydrogen) atoms. The van der Waals surface area contributed by atoms with Crippen LogP contribution in [0.4, 0.5) is 5.69 Å². The van der Waals surface area contributed by atoms with E-state index in [1.807, 2.05) is 30.0 Å². The third-order valence-electron chi connectivity index (χ3n) is 4.20. The Bertz CT molecular complexity index is 616. The molecule has 1 fully saturated rings. The number of nitrogens with two attached hydrogens (primary N) is 2. The van der Waals surface area contributed by atoms with E-state index in [1.165, 1.54) is 6.42 Å². The number of anilines is 1. The second kappa shape index (κ2) is 5.22. The van der Waals surface area contributed by atoms with Crippen LogP contribution in [0.1, 0.15) is 37.7 Å². The lowest BCUT2D eigenvalue weighted by atomic mass is 9.87. The smallest absolute Gasteiger partial charge is 0.220 e. The number of hydrogen-bond donors (Lipinski definition) is 2. The number of nitrogens with zero attached hydrogens (tertiary/aromatic N) is 3. The lowest BCUT2D eigenvalue weighted by Gasteiger charge is -2.45. The van der Waals surface area contributed by atoms with Crippen LogP contribution in [-0.4, -0.2) is 17.6 Å². The van der Waals surface area contributed by atoms with E-state index in [4.69, 9.17) is 23.1 Å². The predicted molar refractivity (Wildman–Crippen MR) is 87.7 cm³/mol. The molecule has 1 aromatic carbocycles. The van der Waals surface area contributed by atoms with Crippen molar-refractivity contribution in [3.05, 3.63) is 28.8 Å². The summed E-state index contributed by atoms with van der Waals surface area (Å²) in [5.74, 6) is 0.629. The molecule has 0 saturated heterocycles. The first-order valence-corrected chi connectivity index (χ1v) is 7.65. The van der Waals surface area contributed by atoms with Gasteiger partial charge in [0.05, 0.1) is 10.7 Å². The molecule has 0 unspecified atom stereocenters. The number of benzene rings is 1. The van der Waals surface area contributed by atoms with E-state index in [1.54, 1.807) is 0 Å². The molecule has 1 spiro atoms. The second-order valence-electron chi connectivity index (χ2n) is 5.77. The summed E-state index contributed by atoms with van der Waals surface area (Å²) >= 11 is 6.44. The van der Waals surface area contributed by atoms with Crippen LogP contribution in [0, 0.1) is 6.92 Å². The van der Waals surface area contributed by atoms with Crippen LogP contribution in [-0.2, 0) is 0 Å². The van der Waals surface area contributed by atoms with E-state index in [2.05, 4.69) is 9.98 Å². The average Bonchev–Trinajstić information content (AvgIpc) is 2.41. The van der Waals surface area contributed by atoms with Gasteiger partial charge in [0.1, 0.15) is 5.66 Å². The molecule has 112 valence electrons. The van der Waals surface area contributed by atoms with E-state index < -0.39 is 5.66 Å². The number of hydrogen-bond acceptors (Lipinski definition) is 5. The van der Waals surface area contributed by atoms with Crippen molar-refractivity contribution in [2.75, 3.05) is 4.90 Å². The van der Waals surface area contributed by atoms with E-state index in [9.17, 15) is 0 Å². The van der Waals surface area contributed by atoms with Crippen molar-refractivity contribution in [1.82, 2.24) is 0 Å². The standard InChI is InChI=1S/C15H20ClN5/c1-10-5-6-12(11(16)9-10)21-14(18)19-13(17)20-15(21)7-3-2-4-8-15/h5-6,9H,2-4,7-8H2,1H3,(H4,17,18,19,20). The molecule has 1 aliphatic carbocycles. The van der Waals surface area contributed by atoms with Crippen LogP contribution in [0.3, 0.4) is 0 Å². The molecule has 1 aromatic rings. The van der Waals surface area contributed by atoms with Gasteiger partial charge in [0.15, 0.2) is 0 Å². The quantitative estimate of drug-likeness (QED) is 0.837. The minimum absolute atomic E-state index is 0.258. The molecule has 0 amide bonds. The summed E-state index contributed by atoms with van der Waals surface area (Å²) in [5, 5.41) is 0.661. The Kier molecular flexibility index (Phi) is 3.53. The first kappa shape index (κ1) is 14.2. The first-order chi connectivity index (χ1) is 10.0. The van der Waals surface area contributed by atoms with E-state index in [-0.39, 0.29) is 5.96 Å². The van der Waals surface area contributed by atoms with Crippen LogP contribution in [0.15, 0.2) is 28.2 Å². The number of halogens is 1. The summed E-state index contributed by atoms with van der Waals surface area (Å²) in [7, 11) is 0. The monoisotopic (exact) mass is 305 g/mol. The number of rotatable bonds is 1. The zero-order valence-corrected chi connectivity index (χ0v) is 12.9. The lowest BCUT2D eigenvalue weighted by molar-refractivity contribution is 0.305. The maximum absolute atomic E-state index is 6.44. The van der Waals surface area contributed by atoms with Gasteiger partial charge in [0.25, 0.3) is 0 Å². The fourth-order valence-electron chi connectivity index (χ4n) is 3.26. The Morgan fingerprint density at radius 2 is 1.90 bits per heavy atom. The van der Waals surface area contributed by atoms with Gasteiger partial charge < -0.3 is 11.5 Å². The zero-order chi connectivity index (χ0) is 15.0. The SMILES string of the molecule is Cc1ccc(N2C(N)=NC(N)=NC23CCCCC3)c(Cl)c1. The van der Waals surface area contributed by atoms with Gasteiger partial charge in [-0.3, -0.25) is 4.90 Å². The molecular formula is C15H20ClN5. The normalized spacial score (nSPS) is 21.1. The number of guanidine groups is 2. The van der Waals surface area contributed by atoms with E-state index >= 15 is 0 Å². The molecule has 4 N–H and O–H groups in total. The van der Waals surface area contributed by atoms with Crippen molar-refractivity contribution in [1.29, 1.82) is 0 Å². The molecule has 1 aliphatic heterocycles. The Hall–Kier alpha value is -1.75. The van der Waals surface area contributed by atoms with Gasteiger partial charge in [-0.2, -0.15) is 4.99 Å². The highest BCUT2D eigenvalue weighted by atomic mass is 35.5. The Morgan fingerprint density at radius 1 is 1.19 bits per heavy atom. The van der Waals surface area contributed by atoms with Crippen LogP contribution in [0.25, 0.3) is 0 Å². The van der Waals surface area contributed by atoms with Crippen molar-refractivity contribution >= 4 is 29.2 Å². The van der Waals surface area contributed by atoms with Gasteiger partial charge in [0.2, 0.25) is 11.9 Å². The Labute approximate surface area is 129 Å². The summed E-state index contributed by atoms with van der Waals surface area (Å²) in [4.78, 5) is 10.7.